The summed E-state index contributed by atoms with van der Waals surface area (Å²) in [4.78, 5) is 24.2. The molecule has 0 spiro atoms. The minimum Gasteiger partial charge on any atom is -0.394 e. The lowest BCUT2D eigenvalue weighted by Crippen LogP contribution is -2.70. The highest BCUT2D eigenvalue weighted by atomic mass is 16.8. The van der Waals surface area contributed by atoms with Crippen molar-refractivity contribution >= 4 is 11.8 Å². The number of amides is 2. The first kappa shape index (κ1) is 50.0. The van der Waals surface area contributed by atoms with Crippen LogP contribution in [0.2, 0.25) is 0 Å². The molecule has 5 aliphatic rings. The third-order valence-corrected chi connectivity index (χ3v) is 11.1. The van der Waals surface area contributed by atoms with Crippen molar-refractivity contribution in [2.24, 2.45) is 0 Å². The molecule has 2 amide bonds. The monoisotopic (exact) mass is 894 g/mol. The Morgan fingerprint density at radius 3 is 1.48 bits per heavy atom. The quantitative estimate of drug-likeness (QED) is 0.0770. The summed E-state index contributed by atoms with van der Waals surface area (Å²) >= 11 is 0. The van der Waals surface area contributed by atoms with Gasteiger partial charge in [-0.05, 0) is 6.92 Å². The van der Waals surface area contributed by atoms with E-state index in [0.717, 1.165) is 13.8 Å². The van der Waals surface area contributed by atoms with Gasteiger partial charge in [-0.15, -0.1) is 0 Å². The molecule has 5 aliphatic heterocycles. The van der Waals surface area contributed by atoms with Crippen LogP contribution in [-0.2, 0) is 52.2 Å². The maximum absolute atomic E-state index is 12.6. The Kier molecular flexibility index (Phi) is 17.5. The molecule has 0 radical (unpaired) electrons. The molecule has 354 valence electrons. The number of nitrogens with one attached hydrogen (secondary N) is 2. The van der Waals surface area contributed by atoms with Crippen LogP contribution in [0.25, 0.3) is 0 Å². The maximum atomic E-state index is 12.6. The predicted octanol–water partition coefficient (Wildman–Crippen LogP) is -10.6. The van der Waals surface area contributed by atoms with Crippen LogP contribution < -0.4 is 10.6 Å². The Labute approximate surface area is 346 Å². The van der Waals surface area contributed by atoms with Crippen LogP contribution in [0.1, 0.15) is 20.8 Å². The van der Waals surface area contributed by atoms with E-state index in [1.54, 1.807) is 0 Å². The van der Waals surface area contributed by atoms with Crippen LogP contribution in [0, 0.1) is 0 Å². The highest BCUT2D eigenvalue weighted by Gasteiger charge is 2.57. The molecule has 27 nitrogen and oxygen atoms in total. The van der Waals surface area contributed by atoms with E-state index < -0.39 is 192 Å². The number of aliphatic hydroxyl groups is 14. The molecule has 0 bridgehead atoms. The van der Waals surface area contributed by atoms with Gasteiger partial charge in [-0.1, -0.05) is 0 Å². The van der Waals surface area contributed by atoms with Crippen molar-refractivity contribution in [2.75, 3.05) is 26.4 Å². The number of hydrogen-bond acceptors (Lipinski definition) is 25. The third kappa shape index (κ3) is 10.9. The average Bonchev–Trinajstić information content (AvgIpc) is 3.21. The summed E-state index contributed by atoms with van der Waals surface area (Å²) in [5.74, 6) is -1.44. The van der Waals surface area contributed by atoms with Crippen molar-refractivity contribution in [2.45, 2.75) is 174 Å². The number of carbonyl (C=O) groups excluding carboxylic acids is 2. The van der Waals surface area contributed by atoms with Gasteiger partial charge in [-0.3, -0.25) is 9.59 Å². The summed E-state index contributed by atoms with van der Waals surface area (Å²) in [5.41, 5.74) is 0. The fraction of sp³-hybridized carbons (Fsp3) is 0.941. The fourth-order valence-corrected chi connectivity index (χ4v) is 7.65. The van der Waals surface area contributed by atoms with Gasteiger partial charge < -0.3 is 125 Å². The first-order valence-electron chi connectivity index (χ1n) is 19.4. The van der Waals surface area contributed by atoms with Crippen molar-refractivity contribution in [3.8, 4) is 0 Å². The number of rotatable bonds is 14. The molecule has 61 heavy (non-hydrogen) atoms. The van der Waals surface area contributed by atoms with Crippen molar-refractivity contribution in [3.63, 3.8) is 0 Å². The fourth-order valence-electron chi connectivity index (χ4n) is 7.65. The predicted molar refractivity (Wildman–Crippen MR) is 188 cm³/mol. The lowest BCUT2D eigenvalue weighted by Gasteiger charge is -2.51. The van der Waals surface area contributed by atoms with Crippen LogP contribution in [0.15, 0.2) is 0 Å². The standard InChI is InChI=1S/C34H58N2O25/c1-8-17(42)23(48)25(50)32(54-8)61-29-28(60-33-26(51)24(49)18(43)11(4-37)57-33)21(46)13(6-39)58-34(29)59-27-16(36-10(3)41)31(56-12(5-38)20(27)45)53-7-14-19(44)22(47)15(30(52)55-14)35-9(2)40/h8,11-34,37-39,42-52H,4-7H2,1-3H3,(H,35,40)(H,36,41)/t8-,11+,12+,13+,14+,15+,16+,17+,18-,19-,20+,21-,22+,23+,24-,25-,26+,27+,28-,29+,30+,31+,32-,33+,34-/m0/s1. The topological polar surface area (TPSA) is 424 Å². The van der Waals surface area contributed by atoms with Gasteiger partial charge in [0.1, 0.15) is 116 Å². The lowest BCUT2D eigenvalue weighted by molar-refractivity contribution is -0.401. The van der Waals surface area contributed by atoms with Gasteiger partial charge in [0.15, 0.2) is 31.5 Å². The second-order valence-electron chi connectivity index (χ2n) is 15.4. The second kappa shape index (κ2) is 21.3. The van der Waals surface area contributed by atoms with Crippen LogP contribution in [-0.4, -0.2) is 263 Å². The Hall–Kier alpha value is -1.98. The third-order valence-electron chi connectivity index (χ3n) is 11.1. The number of aliphatic hydroxyl groups excluding tert-OH is 14. The van der Waals surface area contributed by atoms with Gasteiger partial charge in [0.2, 0.25) is 11.8 Å². The zero-order valence-electron chi connectivity index (χ0n) is 33.0. The Morgan fingerprint density at radius 2 is 0.902 bits per heavy atom. The zero-order chi connectivity index (χ0) is 45.2. The Morgan fingerprint density at radius 1 is 0.459 bits per heavy atom. The molecule has 0 aromatic rings. The molecule has 16 N–H and O–H groups in total. The summed E-state index contributed by atoms with van der Waals surface area (Å²) < 4.78 is 52.0. The van der Waals surface area contributed by atoms with Crippen molar-refractivity contribution < 1.29 is 124 Å². The lowest BCUT2D eigenvalue weighted by atomic mass is 9.94. The van der Waals surface area contributed by atoms with E-state index in [-0.39, 0.29) is 0 Å². The summed E-state index contributed by atoms with van der Waals surface area (Å²) in [6, 6.07) is -3.06. The largest absolute Gasteiger partial charge is 0.394 e. The Balaban J connectivity index is 1.48. The molecule has 0 unspecified atom stereocenters. The SMILES string of the molecule is CC(=O)N[C@@H]1[C@@H](O)[C@@H](O)[C@@H](CO[C@@H]2O[C@H](CO)[C@@H](O)[C@H](O[C@@H]3O[C@H](CO)[C@H](O)[C@H](O[C@H]4O[C@H](CO)[C@H](O)[C@H](O)[C@H]4O)[C@H]3O[C@@H]3O[C@@H](C)[C@@H](O)[C@@H](O)[C@@H]3O)[C@H]2NC(C)=O)O[C@H]1O. The molecule has 0 aromatic carbocycles. The van der Waals surface area contributed by atoms with E-state index in [2.05, 4.69) is 10.6 Å². The van der Waals surface area contributed by atoms with Gasteiger partial charge in [0.25, 0.3) is 0 Å². The first-order valence-corrected chi connectivity index (χ1v) is 19.4. The van der Waals surface area contributed by atoms with Crippen LogP contribution in [0.5, 0.6) is 0 Å². The molecular formula is C34H58N2O25. The smallest absolute Gasteiger partial charge is 0.217 e. The maximum Gasteiger partial charge on any atom is 0.217 e. The van der Waals surface area contributed by atoms with Crippen LogP contribution in [0.3, 0.4) is 0 Å². The summed E-state index contributed by atoms with van der Waals surface area (Å²) in [7, 11) is 0. The van der Waals surface area contributed by atoms with E-state index in [0.29, 0.717) is 0 Å². The summed E-state index contributed by atoms with van der Waals surface area (Å²) in [5, 5.41) is 153. The molecule has 0 aliphatic carbocycles. The average molecular weight is 895 g/mol. The number of ether oxygens (including phenoxy) is 9. The van der Waals surface area contributed by atoms with Gasteiger partial charge in [-0.25, -0.2) is 0 Å². The molecule has 5 heterocycles. The van der Waals surface area contributed by atoms with E-state index in [4.69, 9.17) is 42.6 Å². The van der Waals surface area contributed by atoms with Crippen LogP contribution in [0.4, 0.5) is 0 Å². The summed E-state index contributed by atoms with van der Waals surface area (Å²) in [6.45, 7) is -0.0677. The van der Waals surface area contributed by atoms with Crippen molar-refractivity contribution in [3.05, 3.63) is 0 Å². The van der Waals surface area contributed by atoms with Crippen molar-refractivity contribution in [1.29, 1.82) is 0 Å². The number of carbonyl (C=O) groups is 2. The molecule has 25 atom stereocenters. The minimum absolute atomic E-state index is 0.656. The normalized spacial score (nSPS) is 49.6. The molecule has 0 saturated carbocycles. The minimum atomic E-state index is -2.07. The van der Waals surface area contributed by atoms with E-state index in [1.165, 1.54) is 6.92 Å². The van der Waals surface area contributed by atoms with E-state index in [1.807, 2.05) is 0 Å². The highest BCUT2D eigenvalue weighted by molar-refractivity contribution is 5.73. The number of hydrogen-bond donors (Lipinski definition) is 16. The van der Waals surface area contributed by atoms with Gasteiger partial charge in [-0.2, -0.15) is 0 Å². The van der Waals surface area contributed by atoms with Gasteiger partial charge in [0.05, 0.1) is 32.5 Å². The molecule has 5 fully saturated rings. The van der Waals surface area contributed by atoms with E-state index in [9.17, 15) is 81.1 Å². The second-order valence-corrected chi connectivity index (χ2v) is 15.4. The van der Waals surface area contributed by atoms with Crippen molar-refractivity contribution in [1.82, 2.24) is 10.6 Å². The summed E-state index contributed by atoms with van der Waals surface area (Å²) in [6.07, 6.45) is -41.7. The first-order chi connectivity index (χ1) is 28.7. The van der Waals surface area contributed by atoms with E-state index >= 15 is 0 Å². The molecular weight excluding hydrogens is 836 g/mol. The molecule has 5 saturated heterocycles. The Bertz CT molecular complexity index is 1420. The molecule has 0 aromatic heterocycles. The highest BCUT2D eigenvalue weighted by Crippen LogP contribution is 2.36. The van der Waals surface area contributed by atoms with Gasteiger partial charge >= 0.3 is 0 Å². The van der Waals surface area contributed by atoms with Crippen LogP contribution >= 0.6 is 0 Å². The zero-order valence-corrected chi connectivity index (χ0v) is 33.0. The molecule has 5 rings (SSSR count). The van der Waals surface area contributed by atoms with Gasteiger partial charge in [0, 0.05) is 13.8 Å². The molecule has 27 heteroatoms.